The summed E-state index contributed by atoms with van der Waals surface area (Å²) in [6, 6.07) is 5.13. The number of pyridine rings is 1. The number of carboxylic acid groups (broad SMARTS) is 1. The van der Waals surface area contributed by atoms with Crippen LogP contribution in [0.2, 0.25) is 1.41 Å². The minimum Gasteiger partial charge on any atom is -0.478 e. The molecule has 2 atom stereocenters. The van der Waals surface area contributed by atoms with E-state index in [4.69, 9.17) is 11.4 Å². The molecule has 0 aliphatic heterocycles. The number of nitrogens with zero attached hydrogens (tertiary/aromatic N) is 2. The van der Waals surface area contributed by atoms with E-state index < -0.39 is 17.5 Å². The maximum Gasteiger partial charge on any atom is 0.350 e. The molecule has 1 aromatic rings. The van der Waals surface area contributed by atoms with Gasteiger partial charge in [0.15, 0.2) is 1.41 Å². The zero-order valence-corrected chi connectivity index (χ0v) is 13.4. The molecule has 0 bridgehead atoms. The van der Waals surface area contributed by atoms with Crippen LogP contribution < -0.4 is 5.73 Å². The average molecular weight is 320 g/mol. The number of carboxylic acids is 1. The fourth-order valence-corrected chi connectivity index (χ4v) is 2.43. The van der Waals surface area contributed by atoms with Crippen molar-refractivity contribution in [3.05, 3.63) is 29.6 Å². The number of carbonyl (C=O) groups excluding carboxylic acids is 1. The van der Waals surface area contributed by atoms with Gasteiger partial charge in [-0.05, 0) is 45.7 Å². The monoisotopic (exact) mass is 320 g/mol. The molecule has 0 spiro atoms. The number of nitrogens with two attached hydrogens (primary N) is 1. The van der Waals surface area contributed by atoms with Gasteiger partial charge in [-0.15, -0.1) is 0 Å². The second-order valence-electron chi connectivity index (χ2n) is 6.21. The third-order valence-electron chi connectivity index (χ3n) is 4.13. The first-order valence-electron chi connectivity index (χ1n) is 7.91. The highest BCUT2D eigenvalue weighted by atomic mass is 16.7. The number of primary amides is 1. The molecule has 7 heteroatoms. The fourth-order valence-electron chi connectivity index (χ4n) is 2.43. The van der Waals surface area contributed by atoms with Gasteiger partial charge in [-0.25, -0.2) is 9.78 Å². The Morgan fingerprint density at radius 3 is 2.78 bits per heavy atom. The van der Waals surface area contributed by atoms with Crippen LogP contribution in [0.3, 0.4) is 0 Å². The molecule has 1 fully saturated rings. The Bertz CT molecular complexity index is 675. The Morgan fingerprint density at radius 1 is 1.48 bits per heavy atom. The summed E-state index contributed by atoms with van der Waals surface area (Å²) in [5.41, 5.74) is 2.10. The van der Waals surface area contributed by atoms with Crippen LogP contribution in [0.25, 0.3) is 0 Å². The minimum atomic E-state index is -1.38. The lowest BCUT2D eigenvalue weighted by Crippen LogP contribution is -2.35. The number of aliphatic carboxylic acids is 1. The summed E-state index contributed by atoms with van der Waals surface area (Å²) >= 11 is 0. The molecule has 3 N–H and O–H groups in total. The first-order chi connectivity index (χ1) is 11.3. The summed E-state index contributed by atoms with van der Waals surface area (Å²) in [5.74, 6) is -1.44. The van der Waals surface area contributed by atoms with E-state index in [1.165, 1.54) is 13.8 Å². The lowest BCUT2D eigenvalue weighted by Gasteiger charge is -2.36. The van der Waals surface area contributed by atoms with E-state index in [2.05, 4.69) is 10.1 Å². The third kappa shape index (κ3) is 3.67. The molecule has 0 radical (unpaired) electrons. The van der Waals surface area contributed by atoms with Crippen molar-refractivity contribution < 1.29 is 20.9 Å². The zero-order valence-electron chi connectivity index (χ0n) is 14.4. The summed E-state index contributed by atoms with van der Waals surface area (Å²) in [6.07, 6.45) is 1.80. The fraction of sp³-hybridized carbons (Fsp3) is 0.500. The van der Waals surface area contributed by atoms with Crippen LogP contribution in [0.4, 0.5) is 0 Å². The van der Waals surface area contributed by atoms with Crippen LogP contribution in [0.15, 0.2) is 23.4 Å². The Balaban J connectivity index is 2.12. The topological polar surface area (TPSA) is 115 Å². The minimum absolute atomic E-state index is 0.0939. The van der Waals surface area contributed by atoms with Gasteiger partial charge in [0.05, 0.1) is 5.71 Å². The number of hydrogen-bond acceptors (Lipinski definition) is 5. The highest BCUT2D eigenvalue weighted by molar-refractivity contribution is 5.90. The smallest absolute Gasteiger partial charge is 0.350 e. The number of hydrogen-bond donors (Lipinski definition) is 2. The largest absolute Gasteiger partial charge is 0.478 e. The first-order valence-corrected chi connectivity index (χ1v) is 7.41. The molecule has 2 rings (SSSR count). The number of carbonyl (C=O) groups is 2. The molecule has 1 aliphatic carbocycles. The van der Waals surface area contributed by atoms with E-state index in [0.717, 1.165) is 18.5 Å². The van der Waals surface area contributed by atoms with Crippen LogP contribution in [-0.2, 0) is 9.63 Å². The normalized spacial score (nSPS) is 21.9. The molecule has 1 saturated carbocycles. The van der Waals surface area contributed by atoms with Gasteiger partial charge >= 0.3 is 5.97 Å². The van der Waals surface area contributed by atoms with Crippen LogP contribution in [0.1, 0.15) is 55.7 Å². The van der Waals surface area contributed by atoms with Gasteiger partial charge in [0.25, 0.3) is 5.91 Å². The van der Waals surface area contributed by atoms with Crippen molar-refractivity contribution in [1.29, 1.82) is 0 Å². The number of rotatable bonds is 6. The molecule has 1 amide bonds. The maximum atomic E-state index is 11.5. The first kappa shape index (κ1) is 15.5. The molecule has 1 aliphatic rings. The van der Waals surface area contributed by atoms with Crippen LogP contribution >= 0.6 is 0 Å². The van der Waals surface area contributed by atoms with Crippen molar-refractivity contribution in [2.45, 2.75) is 45.1 Å². The van der Waals surface area contributed by atoms with Crippen molar-refractivity contribution in [1.82, 2.24) is 4.98 Å². The van der Waals surface area contributed by atoms with E-state index in [9.17, 15) is 9.59 Å². The Labute approximate surface area is 136 Å². The zero-order chi connectivity index (χ0) is 17.9. The van der Waals surface area contributed by atoms with Crippen LogP contribution in [-0.4, -0.2) is 33.3 Å². The molecule has 7 nitrogen and oxygen atoms in total. The second kappa shape index (κ2) is 6.36. The third-order valence-corrected chi connectivity index (χ3v) is 4.13. The lowest BCUT2D eigenvalue weighted by atomic mass is 9.69. The molecule has 2 unspecified atom stereocenters. The highest BCUT2D eigenvalue weighted by Crippen LogP contribution is 2.42. The van der Waals surface area contributed by atoms with Gasteiger partial charge < -0.3 is 15.7 Å². The van der Waals surface area contributed by atoms with Gasteiger partial charge in [-0.2, -0.15) is 0 Å². The molecule has 0 saturated heterocycles. The van der Waals surface area contributed by atoms with Gasteiger partial charge in [0.2, 0.25) is 5.60 Å². The Morgan fingerprint density at radius 2 is 2.22 bits per heavy atom. The number of oxime groups is 1. The molecule has 1 heterocycles. The summed E-state index contributed by atoms with van der Waals surface area (Å²) < 4.78 is 6.92. The van der Waals surface area contributed by atoms with E-state index >= 15 is 0 Å². The van der Waals surface area contributed by atoms with Crippen molar-refractivity contribution in [2.24, 2.45) is 16.8 Å². The van der Waals surface area contributed by atoms with Crippen LogP contribution in [0, 0.1) is 5.92 Å². The highest BCUT2D eigenvalue weighted by Gasteiger charge is 2.36. The predicted molar refractivity (Wildman–Crippen MR) is 84.1 cm³/mol. The summed E-state index contributed by atoms with van der Waals surface area (Å²) in [4.78, 5) is 32.0. The van der Waals surface area contributed by atoms with Gasteiger partial charge in [-0.1, -0.05) is 11.2 Å². The molecule has 1 aromatic heterocycles. The van der Waals surface area contributed by atoms with Gasteiger partial charge in [-0.3, -0.25) is 4.79 Å². The van der Waals surface area contributed by atoms with E-state index in [1.54, 1.807) is 19.1 Å². The number of aromatic nitrogens is 1. The molecule has 0 aromatic carbocycles. The van der Waals surface area contributed by atoms with Crippen molar-refractivity contribution in [3.8, 4) is 0 Å². The van der Waals surface area contributed by atoms with Crippen molar-refractivity contribution >= 4 is 17.6 Å². The van der Waals surface area contributed by atoms with Gasteiger partial charge in [0, 0.05) is 17.5 Å². The second-order valence-corrected chi connectivity index (χ2v) is 6.21. The molecule has 124 valence electrons. The summed E-state index contributed by atoms with van der Waals surface area (Å²) in [6.45, 7) is 4.68. The Hall–Kier alpha value is -2.44. The van der Waals surface area contributed by atoms with Crippen molar-refractivity contribution in [3.63, 3.8) is 0 Å². The summed E-state index contributed by atoms with van der Waals surface area (Å²) in [7, 11) is 0. The average Bonchev–Trinajstić information content (AvgIpc) is 2.51. The lowest BCUT2D eigenvalue weighted by molar-refractivity contribution is -0.161. The van der Waals surface area contributed by atoms with E-state index in [0.29, 0.717) is 5.71 Å². The maximum absolute atomic E-state index is 11.5. The predicted octanol–water partition coefficient (Wildman–Crippen LogP) is 1.93. The van der Waals surface area contributed by atoms with E-state index in [1.807, 2.05) is 11.8 Å². The van der Waals surface area contributed by atoms with E-state index in [-0.39, 0.29) is 17.5 Å². The molecular weight excluding hydrogens is 298 g/mol. The van der Waals surface area contributed by atoms with Gasteiger partial charge in [0.1, 0.15) is 5.69 Å². The number of amides is 1. The molecular formula is C16H21N3O4. The van der Waals surface area contributed by atoms with Crippen molar-refractivity contribution in [2.75, 3.05) is 0 Å². The molecule has 23 heavy (non-hydrogen) atoms. The Kier molecular flexibility index (Phi) is 4.27. The standard InChI is InChI=1S/C16H21N3O4/c1-9(19-23-16(2,3)15(21)22)10-7-8-11(10)12-5-4-6-13(18-12)14(17)20/h4-6,10-11H,7-8H2,1-3H3,(H2,17,20)(H,21,22)/b19-9+/i/hD. The summed E-state index contributed by atoms with van der Waals surface area (Å²) in [5, 5.41) is 13.0. The van der Waals surface area contributed by atoms with Crippen LogP contribution in [0.5, 0.6) is 0 Å². The SMILES string of the molecule is [2H]NC(=O)c1cccc(C2CCC2/C(C)=N/OC(C)(C)C(=O)O)n1. The quantitative estimate of drug-likeness (QED) is 0.614.